The van der Waals surface area contributed by atoms with E-state index in [-0.39, 0.29) is 31.1 Å². The molecular weight excluding hydrogens is 973 g/mol. The Morgan fingerprint density at radius 3 is 0.785 bits per heavy atom. The third-order valence-electron chi connectivity index (χ3n) is 15.2. The van der Waals surface area contributed by atoms with Crippen molar-refractivity contribution in [3.63, 3.8) is 0 Å². The highest BCUT2D eigenvalue weighted by Crippen LogP contribution is 2.17. The highest BCUT2D eigenvalue weighted by Gasteiger charge is 2.19. The normalized spacial score (nSPS) is 12.5. The van der Waals surface area contributed by atoms with E-state index in [0.717, 1.165) is 103 Å². The molecule has 0 aliphatic rings. The SMILES string of the molecule is CC/C=C\C/C=C\C/C=C\C/C=C\CCCCCCC(=O)OC(COC(=O)CCCCCCC/C=C\CCCCCCCC)COC(=O)CCCCCCCCCCCCCCCCCCC/C=C\CCCCCCCCCC. The average molecular weight is 1100 g/mol. The second kappa shape index (κ2) is 67.4. The lowest BCUT2D eigenvalue weighted by atomic mass is 10.0. The Morgan fingerprint density at radius 2 is 0.494 bits per heavy atom. The maximum Gasteiger partial charge on any atom is 0.306 e. The molecule has 458 valence electrons. The number of allylic oxidation sites excluding steroid dienone is 12. The van der Waals surface area contributed by atoms with Crippen LogP contribution < -0.4 is 0 Å². The molecule has 0 bridgehead atoms. The van der Waals surface area contributed by atoms with Crippen LogP contribution in [0.15, 0.2) is 72.9 Å². The molecule has 0 N–H and O–H groups in total. The molecule has 0 fully saturated rings. The van der Waals surface area contributed by atoms with Gasteiger partial charge in [0.1, 0.15) is 13.2 Å². The van der Waals surface area contributed by atoms with E-state index in [2.05, 4.69) is 93.7 Å². The number of unbranched alkanes of at least 4 members (excludes halogenated alkanes) is 40. The van der Waals surface area contributed by atoms with Crippen LogP contribution in [0, 0.1) is 0 Å². The molecule has 0 radical (unpaired) electrons. The molecule has 0 aromatic rings. The first kappa shape index (κ1) is 75.8. The Hall–Kier alpha value is -3.15. The number of rotatable bonds is 63. The van der Waals surface area contributed by atoms with Crippen LogP contribution in [0.5, 0.6) is 0 Å². The van der Waals surface area contributed by atoms with E-state index >= 15 is 0 Å². The second-order valence-electron chi connectivity index (χ2n) is 23.1. The topological polar surface area (TPSA) is 78.9 Å². The summed E-state index contributed by atoms with van der Waals surface area (Å²) in [5.41, 5.74) is 0. The fourth-order valence-electron chi connectivity index (χ4n) is 10.0. The van der Waals surface area contributed by atoms with Gasteiger partial charge in [0.15, 0.2) is 6.10 Å². The molecule has 0 amide bonds. The van der Waals surface area contributed by atoms with Gasteiger partial charge >= 0.3 is 17.9 Å². The molecule has 0 saturated carbocycles. The van der Waals surface area contributed by atoms with Crippen molar-refractivity contribution in [2.45, 2.75) is 361 Å². The Bertz CT molecular complexity index is 1450. The third-order valence-corrected chi connectivity index (χ3v) is 15.2. The number of hydrogen-bond acceptors (Lipinski definition) is 6. The smallest absolute Gasteiger partial charge is 0.306 e. The average Bonchev–Trinajstić information content (AvgIpc) is 3.45. The minimum absolute atomic E-state index is 0.0855. The van der Waals surface area contributed by atoms with Gasteiger partial charge in [0.25, 0.3) is 0 Å². The van der Waals surface area contributed by atoms with E-state index in [9.17, 15) is 14.4 Å². The highest BCUT2D eigenvalue weighted by molar-refractivity contribution is 5.71. The van der Waals surface area contributed by atoms with E-state index in [1.54, 1.807) is 0 Å². The quantitative estimate of drug-likeness (QED) is 0.0261. The molecule has 6 nitrogen and oxygen atoms in total. The van der Waals surface area contributed by atoms with Crippen LogP contribution in [0.1, 0.15) is 355 Å². The molecule has 0 aliphatic heterocycles. The van der Waals surface area contributed by atoms with E-state index in [4.69, 9.17) is 14.2 Å². The largest absolute Gasteiger partial charge is 0.462 e. The third kappa shape index (κ3) is 65.5. The summed E-state index contributed by atoms with van der Waals surface area (Å²) >= 11 is 0. The number of esters is 3. The van der Waals surface area contributed by atoms with Gasteiger partial charge in [-0.2, -0.15) is 0 Å². The van der Waals surface area contributed by atoms with Gasteiger partial charge in [0.05, 0.1) is 0 Å². The first-order chi connectivity index (χ1) is 39.0. The molecular formula is C73H130O6. The van der Waals surface area contributed by atoms with Gasteiger partial charge in [-0.15, -0.1) is 0 Å². The van der Waals surface area contributed by atoms with Crippen molar-refractivity contribution in [2.24, 2.45) is 0 Å². The summed E-state index contributed by atoms with van der Waals surface area (Å²) in [4.78, 5) is 38.4. The minimum atomic E-state index is -0.792. The number of hydrogen-bond donors (Lipinski definition) is 0. The zero-order chi connectivity index (χ0) is 57.1. The standard InChI is InChI=1S/C73H130O6/c1-4-7-10-13-16-19-22-25-28-30-31-32-33-34-35-36-37-38-39-40-41-43-45-48-51-54-57-60-63-66-72(75)78-69-70(68-77-71(74)65-62-59-56-53-50-47-44-27-24-21-18-15-12-9-6-3)79-73(76)67-64-61-58-55-52-49-46-42-29-26-23-20-17-14-11-8-5-2/h8,11,17,20,26-27,29-31,44,46,49,70H,4-7,9-10,12-16,18-19,21-25,28,32-43,45,47-48,50-69H2,1-3H3/b11-8-,20-17-,29-26-,31-30-,44-27-,49-46-. The second-order valence-corrected chi connectivity index (χ2v) is 23.1. The van der Waals surface area contributed by atoms with Crippen LogP contribution in [0.3, 0.4) is 0 Å². The van der Waals surface area contributed by atoms with Crippen LogP contribution in [-0.2, 0) is 28.6 Å². The molecule has 1 atom stereocenters. The molecule has 0 saturated heterocycles. The zero-order valence-electron chi connectivity index (χ0n) is 52.6. The lowest BCUT2D eigenvalue weighted by Gasteiger charge is -2.18. The van der Waals surface area contributed by atoms with Gasteiger partial charge in [-0.25, -0.2) is 0 Å². The highest BCUT2D eigenvalue weighted by atomic mass is 16.6. The Morgan fingerprint density at radius 1 is 0.266 bits per heavy atom. The van der Waals surface area contributed by atoms with Gasteiger partial charge in [-0.3, -0.25) is 14.4 Å². The van der Waals surface area contributed by atoms with Crippen molar-refractivity contribution in [3.05, 3.63) is 72.9 Å². The number of carbonyl (C=O) groups excluding carboxylic acids is 3. The summed E-state index contributed by atoms with van der Waals surface area (Å²) < 4.78 is 16.9. The molecule has 79 heavy (non-hydrogen) atoms. The summed E-state index contributed by atoms with van der Waals surface area (Å²) in [6, 6.07) is 0. The van der Waals surface area contributed by atoms with Crippen LogP contribution in [-0.4, -0.2) is 37.2 Å². The summed E-state index contributed by atoms with van der Waals surface area (Å²) in [6.45, 7) is 6.54. The van der Waals surface area contributed by atoms with Gasteiger partial charge in [-0.1, -0.05) is 299 Å². The predicted octanol–water partition coefficient (Wildman–Crippen LogP) is 23.7. The Balaban J connectivity index is 4.25. The Labute approximate surface area is 491 Å². The summed E-state index contributed by atoms with van der Waals surface area (Å²) in [6.07, 6.45) is 87.9. The number of ether oxygens (including phenoxy) is 3. The molecule has 0 rings (SSSR count). The number of carbonyl (C=O) groups is 3. The summed E-state index contributed by atoms with van der Waals surface area (Å²) in [5.74, 6) is -0.901. The van der Waals surface area contributed by atoms with E-state index in [1.165, 1.54) is 212 Å². The molecule has 0 spiro atoms. The first-order valence-electron chi connectivity index (χ1n) is 34.4. The van der Waals surface area contributed by atoms with Crippen molar-refractivity contribution in [3.8, 4) is 0 Å². The lowest BCUT2D eigenvalue weighted by molar-refractivity contribution is -0.167. The van der Waals surface area contributed by atoms with Crippen molar-refractivity contribution >= 4 is 17.9 Å². The van der Waals surface area contributed by atoms with Gasteiger partial charge < -0.3 is 14.2 Å². The van der Waals surface area contributed by atoms with Crippen LogP contribution in [0.2, 0.25) is 0 Å². The molecule has 0 aromatic heterocycles. The van der Waals surface area contributed by atoms with Crippen molar-refractivity contribution in [1.29, 1.82) is 0 Å². The Kier molecular flexibility index (Phi) is 64.7. The minimum Gasteiger partial charge on any atom is -0.462 e. The van der Waals surface area contributed by atoms with E-state index in [0.29, 0.717) is 19.3 Å². The summed E-state index contributed by atoms with van der Waals surface area (Å²) in [7, 11) is 0. The van der Waals surface area contributed by atoms with Gasteiger partial charge in [0.2, 0.25) is 0 Å². The van der Waals surface area contributed by atoms with E-state index < -0.39 is 6.10 Å². The van der Waals surface area contributed by atoms with Crippen LogP contribution in [0.25, 0.3) is 0 Å². The molecule has 6 heteroatoms. The first-order valence-corrected chi connectivity index (χ1v) is 34.4. The van der Waals surface area contributed by atoms with Crippen LogP contribution in [0.4, 0.5) is 0 Å². The molecule has 0 aliphatic carbocycles. The van der Waals surface area contributed by atoms with Gasteiger partial charge in [-0.05, 0) is 109 Å². The van der Waals surface area contributed by atoms with Crippen molar-refractivity contribution in [1.82, 2.24) is 0 Å². The van der Waals surface area contributed by atoms with E-state index in [1.807, 2.05) is 0 Å². The maximum absolute atomic E-state index is 12.9. The van der Waals surface area contributed by atoms with Crippen molar-refractivity contribution in [2.75, 3.05) is 13.2 Å². The van der Waals surface area contributed by atoms with Crippen molar-refractivity contribution < 1.29 is 28.6 Å². The van der Waals surface area contributed by atoms with Crippen LogP contribution >= 0.6 is 0 Å². The van der Waals surface area contributed by atoms with Gasteiger partial charge in [0, 0.05) is 19.3 Å². The fraction of sp³-hybridized carbons (Fsp3) is 0.795. The fourth-order valence-corrected chi connectivity index (χ4v) is 10.0. The monoisotopic (exact) mass is 1100 g/mol. The molecule has 0 aromatic carbocycles. The zero-order valence-corrected chi connectivity index (χ0v) is 52.6. The molecule has 0 heterocycles. The predicted molar refractivity (Wildman–Crippen MR) is 344 cm³/mol. The lowest BCUT2D eigenvalue weighted by Crippen LogP contribution is -2.30. The maximum atomic E-state index is 12.9. The summed E-state index contributed by atoms with van der Waals surface area (Å²) in [5, 5.41) is 0. The molecule has 1 unspecified atom stereocenters.